The van der Waals surface area contributed by atoms with Gasteiger partial charge in [-0.05, 0) is 85.8 Å². The first-order valence-electron chi connectivity index (χ1n) is 11.5. The average molecular weight is 597 g/mol. The standard InChI is InChI=1S/C32H21IS2/c33-32-21-20-31(35-32)30-19-18-29(34-30)28-16-14-27(15-17-28)26-12-10-25(11-13-26)24-8-6-23(7-9-24)22-4-2-1-3-5-22/h1-21H. The fourth-order valence-corrected chi connectivity index (χ4v) is 6.96. The average Bonchev–Trinajstić information content (AvgIpc) is 3.59. The molecule has 0 unspecified atom stereocenters. The molecule has 0 aliphatic carbocycles. The van der Waals surface area contributed by atoms with Crippen LogP contribution in [0.25, 0.3) is 53.6 Å². The van der Waals surface area contributed by atoms with E-state index in [-0.39, 0.29) is 0 Å². The third-order valence-electron chi connectivity index (χ3n) is 6.14. The second kappa shape index (κ2) is 9.94. The zero-order valence-corrected chi connectivity index (χ0v) is 22.6. The molecule has 0 saturated carbocycles. The number of thiophene rings is 2. The highest BCUT2D eigenvalue weighted by atomic mass is 127. The van der Waals surface area contributed by atoms with Crippen LogP contribution in [0.3, 0.4) is 0 Å². The largest absolute Gasteiger partial charge is 0.134 e. The van der Waals surface area contributed by atoms with E-state index < -0.39 is 0 Å². The van der Waals surface area contributed by atoms with E-state index in [1.807, 2.05) is 22.7 Å². The first-order chi connectivity index (χ1) is 17.2. The molecule has 0 spiro atoms. The topological polar surface area (TPSA) is 0 Å². The van der Waals surface area contributed by atoms with Crippen molar-refractivity contribution in [2.75, 3.05) is 0 Å². The van der Waals surface area contributed by atoms with Crippen molar-refractivity contribution in [2.24, 2.45) is 0 Å². The van der Waals surface area contributed by atoms with Crippen LogP contribution in [0, 0.1) is 2.88 Å². The van der Waals surface area contributed by atoms with Gasteiger partial charge in [0.15, 0.2) is 0 Å². The minimum absolute atomic E-state index is 1.24. The van der Waals surface area contributed by atoms with E-state index in [9.17, 15) is 0 Å². The lowest BCUT2D eigenvalue weighted by Crippen LogP contribution is -1.82. The predicted octanol–water partition coefficient (Wildman–Crippen LogP) is 10.7. The quantitative estimate of drug-likeness (QED) is 0.174. The summed E-state index contributed by atoms with van der Waals surface area (Å²) in [6.45, 7) is 0. The molecular weight excluding hydrogens is 575 g/mol. The van der Waals surface area contributed by atoms with Crippen LogP contribution in [0.15, 0.2) is 127 Å². The van der Waals surface area contributed by atoms with Crippen molar-refractivity contribution in [3.8, 4) is 53.6 Å². The highest BCUT2D eigenvalue weighted by Gasteiger charge is 2.08. The van der Waals surface area contributed by atoms with Crippen LogP contribution in [0.2, 0.25) is 0 Å². The second-order valence-corrected chi connectivity index (χ2v) is 12.4. The second-order valence-electron chi connectivity index (χ2n) is 8.37. The molecular formula is C32H21IS2. The highest BCUT2D eigenvalue weighted by Crippen LogP contribution is 2.38. The van der Waals surface area contributed by atoms with Gasteiger partial charge in [0.2, 0.25) is 0 Å². The number of benzene rings is 4. The van der Waals surface area contributed by atoms with Crippen molar-refractivity contribution in [3.05, 3.63) is 130 Å². The van der Waals surface area contributed by atoms with Crippen molar-refractivity contribution in [3.63, 3.8) is 0 Å². The smallest absolute Gasteiger partial charge is 0.0660 e. The Hall–Kier alpha value is -2.99. The molecule has 3 heteroatoms. The molecule has 0 bridgehead atoms. The van der Waals surface area contributed by atoms with Crippen LogP contribution < -0.4 is 0 Å². The molecule has 6 rings (SSSR count). The Morgan fingerprint density at radius 2 is 0.686 bits per heavy atom. The molecule has 0 fully saturated rings. The Kier molecular flexibility index (Phi) is 6.38. The summed E-state index contributed by atoms with van der Waals surface area (Å²) in [4.78, 5) is 3.99. The number of hydrogen-bond acceptors (Lipinski definition) is 2. The maximum Gasteiger partial charge on any atom is 0.0660 e. The van der Waals surface area contributed by atoms with Crippen LogP contribution in [0.5, 0.6) is 0 Å². The van der Waals surface area contributed by atoms with E-state index in [4.69, 9.17) is 0 Å². The molecule has 0 aliphatic rings. The summed E-state index contributed by atoms with van der Waals surface area (Å²) >= 11 is 6.09. The van der Waals surface area contributed by atoms with E-state index in [2.05, 4.69) is 150 Å². The van der Waals surface area contributed by atoms with Gasteiger partial charge in [-0.25, -0.2) is 0 Å². The predicted molar refractivity (Wildman–Crippen MR) is 162 cm³/mol. The fourth-order valence-electron chi connectivity index (χ4n) is 4.24. The maximum atomic E-state index is 2.39. The lowest BCUT2D eigenvalue weighted by atomic mass is 9.97. The van der Waals surface area contributed by atoms with Crippen LogP contribution in [0.4, 0.5) is 0 Å². The number of halogens is 1. The van der Waals surface area contributed by atoms with E-state index in [0.29, 0.717) is 0 Å². The Labute approximate surface area is 227 Å². The minimum atomic E-state index is 1.24. The van der Waals surface area contributed by atoms with Gasteiger partial charge in [0.25, 0.3) is 0 Å². The van der Waals surface area contributed by atoms with Gasteiger partial charge < -0.3 is 0 Å². The van der Waals surface area contributed by atoms with E-state index in [1.165, 1.54) is 56.5 Å². The van der Waals surface area contributed by atoms with Crippen molar-refractivity contribution in [1.29, 1.82) is 0 Å². The molecule has 0 aliphatic heterocycles. The first kappa shape index (κ1) is 22.5. The van der Waals surface area contributed by atoms with Crippen molar-refractivity contribution < 1.29 is 0 Å². The number of hydrogen-bond donors (Lipinski definition) is 0. The third kappa shape index (κ3) is 4.90. The zero-order chi connectivity index (χ0) is 23.6. The van der Waals surface area contributed by atoms with Gasteiger partial charge in [0.1, 0.15) is 0 Å². The van der Waals surface area contributed by atoms with E-state index >= 15 is 0 Å². The van der Waals surface area contributed by atoms with Gasteiger partial charge in [-0.3, -0.25) is 0 Å². The van der Waals surface area contributed by atoms with Gasteiger partial charge >= 0.3 is 0 Å². The molecule has 0 N–H and O–H groups in total. The van der Waals surface area contributed by atoms with Crippen molar-refractivity contribution >= 4 is 45.3 Å². The van der Waals surface area contributed by atoms with E-state index in [1.54, 1.807) is 0 Å². The summed E-state index contributed by atoms with van der Waals surface area (Å²) in [5.41, 5.74) is 8.71. The molecule has 2 aromatic heterocycles. The van der Waals surface area contributed by atoms with Crippen molar-refractivity contribution in [2.45, 2.75) is 0 Å². The molecule has 2 heterocycles. The Balaban J connectivity index is 1.18. The number of rotatable bonds is 5. The monoisotopic (exact) mass is 596 g/mol. The van der Waals surface area contributed by atoms with Gasteiger partial charge in [-0.2, -0.15) is 0 Å². The molecule has 0 nitrogen and oxygen atoms in total. The Morgan fingerprint density at radius 3 is 1.14 bits per heavy atom. The summed E-state index contributed by atoms with van der Waals surface area (Å²) < 4.78 is 1.33. The van der Waals surface area contributed by atoms with Gasteiger partial charge in [0, 0.05) is 14.6 Å². The normalized spacial score (nSPS) is 11.0. The van der Waals surface area contributed by atoms with Crippen LogP contribution >= 0.6 is 45.3 Å². The lowest BCUT2D eigenvalue weighted by Gasteiger charge is -2.07. The Morgan fingerprint density at radius 1 is 0.314 bits per heavy atom. The summed E-state index contributed by atoms with van der Waals surface area (Å²) in [7, 11) is 0. The minimum Gasteiger partial charge on any atom is -0.134 e. The molecule has 35 heavy (non-hydrogen) atoms. The van der Waals surface area contributed by atoms with Gasteiger partial charge in [0.05, 0.1) is 2.88 Å². The molecule has 4 aromatic carbocycles. The third-order valence-corrected chi connectivity index (χ3v) is 9.36. The maximum absolute atomic E-state index is 2.39. The molecule has 6 aromatic rings. The van der Waals surface area contributed by atoms with E-state index in [0.717, 1.165) is 0 Å². The molecule has 0 amide bonds. The van der Waals surface area contributed by atoms with Crippen LogP contribution in [0.1, 0.15) is 0 Å². The molecule has 0 radical (unpaired) electrons. The highest BCUT2D eigenvalue weighted by molar-refractivity contribution is 14.1. The molecule has 168 valence electrons. The lowest BCUT2D eigenvalue weighted by molar-refractivity contribution is 1.57. The van der Waals surface area contributed by atoms with Crippen LogP contribution in [-0.2, 0) is 0 Å². The Bertz CT molecular complexity index is 1560. The SMILES string of the molecule is Ic1ccc(-c2ccc(-c3ccc(-c4ccc(-c5ccc(-c6ccccc6)cc5)cc4)cc3)s2)s1. The van der Waals surface area contributed by atoms with Crippen molar-refractivity contribution in [1.82, 2.24) is 0 Å². The molecule has 0 atom stereocenters. The summed E-state index contributed by atoms with van der Waals surface area (Å²) in [6, 6.07) is 46.0. The van der Waals surface area contributed by atoms with Crippen LogP contribution in [-0.4, -0.2) is 0 Å². The zero-order valence-electron chi connectivity index (χ0n) is 18.8. The van der Waals surface area contributed by atoms with Gasteiger partial charge in [-0.1, -0.05) is 103 Å². The summed E-state index contributed by atoms with van der Waals surface area (Å²) in [6.07, 6.45) is 0. The van der Waals surface area contributed by atoms with Gasteiger partial charge in [-0.15, -0.1) is 22.7 Å². The summed E-state index contributed by atoms with van der Waals surface area (Å²) in [5.74, 6) is 0. The fraction of sp³-hybridized carbons (Fsp3) is 0. The first-order valence-corrected chi connectivity index (χ1v) is 14.2. The molecule has 0 saturated heterocycles. The summed E-state index contributed by atoms with van der Waals surface area (Å²) in [5, 5.41) is 0.